The summed E-state index contributed by atoms with van der Waals surface area (Å²) in [6.07, 6.45) is 3.40. The quantitative estimate of drug-likeness (QED) is 0.564. The molecule has 0 saturated carbocycles. The number of allylic oxidation sites excluding steroid dienone is 3. The molecule has 0 radical (unpaired) electrons. The molecule has 4 N–H and O–H groups in total. The number of hydrogen-bond donors (Lipinski definition) is 2. The van der Waals surface area contributed by atoms with Crippen molar-refractivity contribution in [2.45, 2.75) is 13.8 Å². The van der Waals surface area contributed by atoms with Crippen molar-refractivity contribution in [1.29, 1.82) is 0 Å². The van der Waals surface area contributed by atoms with Gasteiger partial charge in [-0.05, 0) is 25.5 Å². The SMILES string of the molecule is C=C/C(N)=C(C)\C(N)=C/C. The molecule has 0 bridgehead atoms. The fourth-order valence-electron chi connectivity index (χ4n) is 0.536. The van der Waals surface area contributed by atoms with E-state index in [1.54, 1.807) is 6.08 Å². The van der Waals surface area contributed by atoms with Gasteiger partial charge in [0.25, 0.3) is 0 Å². The van der Waals surface area contributed by atoms with Crippen molar-refractivity contribution in [2.24, 2.45) is 11.5 Å². The summed E-state index contributed by atoms with van der Waals surface area (Å²) in [5, 5.41) is 0. The zero-order valence-corrected chi connectivity index (χ0v) is 6.52. The van der Waals surface area contributed by atoms with Crippen LogP contribution in [0.25, 0.3) is 0 Å². The summed E-state index contributed by atoms with van der Waals surface area (Å²) < 4.78 is 0. The largest absolute Gasteiger partial charge is 0.399 e. The molecule has 0 aliphatic heterocycles. The van der Waals surface area contributed by atoms with E-state index >= 15 is 0 Å². The molecule has 0 saturated heterocycles. The third-order valence-corrected chi connectivity index (χ3v) is 1.40. The summed E-state index contributed by atoms with van der Waals surface area (Å²) in [6, 6.07) is 0. The van der Waals surface area contributed by atoms with Crippen molar-refractivity contribution in [3.63, 3.8) is 0 Å². The molecule has 0 heterocycles. The molecule has 0 unspecified atom stereocenters. The van der Waals surface area contributed by atoms with E-state index in [2.05, 4.69) is 6.58 Å². The van der Waals surface area contributed by atoms with E-state index in [1.807, 2.05) is 19.9 Å². The Kier molecular flexibility index (Phi) is 3.33. The molecular weight excluding hydrogens is 124 g/mol. The van der Waals surface area contributed by atoms with Crippen LogP contribution in [0.2, 0.25) is 0 Å². The standard InChI is InChI=1S/C8H14N2/c1-4-7(9)6(3)8(10)5-2/h4-5H,1,9-10H2,2-3H3/b7-6+,8-5+. The lowest BCUT2D eigenvalue weighted by Crippen LogP contribution is -2.05. The van der Waals surface area contributed by atoms with Crippen molar-refractivity contribution in [1.82, 2.24) is 0 Å². The van der Waals surface area contributed by atoms with E-state index < -0.39 is 0 Å². The molecule has 0 aromatic rings. The Morgan fingerprint density at radius 3 is 2.20 bits per heavy atom. The van der Waals surface area contributed by atoms with Gasteiger partial charge in [-0.1, -0.05) is 12.7 Å². The molecule has 0 aromatic heterocycles. The maximum Gasteiger partial charge on any atom is 0.0358 e. The normalized spacial score (nSPS) is 14.4. The van der Waals surface area contributed by atoms with E-state index in [0.717, 1.165) is 5.57 Å². The Labute approximate surface area is 61.9 Å². The Morgan fingerprint density at radius 1 is 1.40 bits per heavy atom. The van der Waals surface area contributed by atoms with Gasteiger partial charge in [-0.15, -0.1) is 0 Å². The van der Waals surface area contributed by atoms with Crippen LogP contribution in [0.4, 0.5) is 0 Å². The third kappa shape index (κ3) is 1.97. The molecular formula is C8H14N2. The highest BCUT2D eigenvalue weighted by Gasteiger charge is 1.94. The van der Waals surface area contributed by atoms with Gasteiger partial charge in [0.1, 0.15) is 0 Å². The van der Waals surface area contributed by atoms with Crippen molar-refractivity contribution in [3.05, 3.63) is 35.7 Å². The van der Waals surface area contributed by atoms with E-state index in [1.165, 1.54) is 0 Å². The molecule has 0 amide bonds. The van der Waals surface area contributed by atoms with Gasteiger partial charge in [-0.2, -0.15) is 0 Å². The summed E-state index contributed by atoms with van der Waals surface area (Å²) in [4.78, 5) is 0. The molecule has 56 valence electrons. The molecule has 0 aliphatic rings. The molecule has 0 spiro atoms. The second-order valence-corrected chi connectivity index (χ2v) is 2.03. The van der Waals surface area contributed by atoms with E-state index in [9.17, 15) is 0 Å². The first-order chi connectivity index (χ1) is 4.63. The van der Waals surface area contributed by atoms with E-state index in [0.29, 0.717) is 11.4 Å². The van der Waals surface area contributed by atoms with E-state index in [4.69, 9.17) is 11.5 Å². The molecule has 0 rings (SSSR count). The first kappa shape index (κ1) is 8.82. The first-order valence-electron chi connectivity index (χ1n) is 3.14. The maximum atomic E-state index is 5.57. The number of nitrogens with two attached hydrogens (primary N) is 2. The predicted octanol–water partition coefficient (Wildman–Crippen LogP) is 1.27. The summed E-state index contributed by atoms with van der Waals surface area (Å²) in [5.41, 5.74) is 13.3. The lowest BCUT2D eigenvalue weighted by Gasteiger charge is -2.02. The van der Waals surface area contributed by atoms with Gasteiger partial charge in [0.05, 0.1) is 0 Å². The lowest BCUT2D eigenvalue weighted by molar-refractivity contribution is 1.21. The van der Waals surface area contributed by atoms with Crippen LogP contribution >= 0.6 is 0 Å². The van der Waals surface area contributed by atoms with Crippen LogP contribution in [0.1, 0.15) is 13.8 Å². The van der Waals surface area contributed by atoms with Gasteiger partial charge in [-0.3, -0.25) is 0 Å². The zero-order valence-electron chi connectivity index (χ0n) is 6.52. The van der Waals surface area contributed by atoms with Crippen LogP contribution in [-0.2, 0) is 0 Å². The molecule has 0 aromatic carbocycles. The van der Waals surface area contributed by atoms with Crippen LogP contribution in [0, 0.1) is 0 Å². The predicted molar refractivity (Wildman–Crippen MR) is 45.0 cm³/mol. The molecule has 0 fully saturated rings. The van der Waals surface area contributed by atoms with Gasteiger partial charge in [0, 0.05) is 11.4 Å². The average Bonchev–Trinajstić information content (AvgIpc) is 2.00. The fourth-order valence-corrected chi connectivity index (χ4v) is 0.536. The summed E-state index contributed by atoms with van der Waals surface area (Å²) in [6.45, 7) is 7.27. The first-order valence-corrected chi connectivity index (χ1v) is 3.14. The summed E-state index contributed by atoms with van der Waals surface area (Å²) >= 11 is 0. The summed E-state index contributed by atoms with van der Waals surface area (Å²) in [5.74, 6) is 0. The monoisotopic (exact) mass is 138 g/mol. The van der Waals surface area contributed by atoms with Crippen molar-refractivity contribution in [2.75, 3.05) is 0 Å². The molecule has 2 nitrogen and oxygen atoms in total. The van der Waals surface area contributed by atoms with Gasteiger partial charge in [-0.25, -0.2) is 0 Å². The van der Waals surface area contributed by atoms with Crippen LogP contribution < -0.4 is 11.5 Å². The van der Waals surface area contributed by atoms with Crippen molar-refractivity contribution < 1.29 is 0 Å². The third-order valence-electron chi connectivity index (χ3n) is 1.40. The van der Waals surface area contributed by atoms with Gasteiger partial charge < -0.3 is 11.5 Å². The second-order valence-electron chi connectivity index (χ2n) is 2.03. The Morgan fingerprint density at radius 2 is 1.90 bits per heavy atom. The highest BCUT2D eigenvalue weighted by atomic mass is 14.6. The van der Waals surface area contributed by atoms with Crippen molar-refractivity contribution >= 4 is 0 Å². The van der Waals surface area contributed by atoms with Crippen LogP contribution in [0.5, 0.6) is 0 Å². The van der Waals surface area contributed by atoms with Gasteiger partial charge in [0.15, 0.2) is 0 Å². The fraction of sp³-hybridized carbons (Fsp3) is 0.250. The Hall–Kier alpha value is -1.18. The smallest absolute Gasteiger partial charge is 0.0358 e. The minimum Gasteiger partial charge on any atom is -0.399 e. The van der Waals surface area contributed by atoms with Gasteiger partial charge in [0.2, 0.25) is 0 Å². The highest BCUT2D eigenvalue weighted by molar-refractivity contribution is 5.33. The lowest BCUT2D eigenvalue weighted by atomic mass is 10.1. The van der Waals surface area contributed by atoms with Crippen LogP contribution in [0.3, 0.4) is 0 Å². The van der Waals surface area contributed by atoms with E-state index in [-0.39, 0.29) is 0 Å². The Balaban J connectivity index is 4.63. The minimum atomic E-state index is 0.635. The Bertz CT molecular complexity index is 187. The average molecular weight is 138 g/mol. The molecule has 0 atom stereocenters. The van der Waals surface area contributed by atoms with Crippen LogP contribution in [-0.4, -0.2) is 0 Å². The minimum absolute atomic E-state index is 0.635. The topological polar surface area (TPSA) is 52.0 Å². The number of rotatable bonds is 2. The number of hydrogen-bond acceptors (Lipinski definition) is 2. The second kappa shape index (κ2) is 3.77. The maximum absolute atomic E-state index is 5.57. The highest BCUT2D eigenvalue weighted by Crippen LogP contribution is 2.05. The molecule has 0 aliphatic carbocycles. The van der Waals surface area contributed by atoms with Crippen molar-refractivity contribution in [3.8, 4) is 0 Å². The van der Waals surface area contributed by atoms with Crippen LogP contribution in [0.15, 0.2) is 35.7 Å². The zero-order chi connectivity index (χ0) is 8.15. The molecule has 10 heavy (non-hydrogen) atoms. The van der Waals surface area contributed by atoms with Gasteiger partial charge >= 0.3 is 0 Å². The summed E-state index contributed by atoms with van der Waals surface area (Å²) in [7, 11) is 0. The molecule has 2 heteroatoms.